The van der Waals surface area contributed by atoms with E-state index in [1.54, 1.807) is 0 Å². The van der Waals surface area contributed by atoms with Gasteiger partial charge in [-0.3, -0.25) is 0 Å². The van der Waals surface area contributed by atoms with E-state index in [1.165, 1.54) is 5.56 Å². The standard InChI is InChI=1S/C22H20O2/c23-15-5-9-18-8-4-10-21(16-18)20-11-13-22(14-12-20)24-17-19-6-2-1-3-7-19/h1-4,6-8,10-16H,5,9,17H2. The molecule has 0 bridgehead atoms. The van der Waals surface area contributed by atoms with Crippen molar-refractivity contribution in [2.45, 2.75) is 19.4 Å². The van der Waals surface area contributed by atoms with Crippen molar-refractivity contribution < 1.29 is 9.53 Å². The molecule has 120 valence electrons. The van der Waals surface area contributed by atoms with Gasteiger partial charge in [0.1, 0.15) is 18.6 Å². The molecule has 0 aromatic heterocycles. The first kappa shape index (κ1) is 16.0. The maximum Gasteiger partial charge on any atom is 0.120 e. The van der Waals surface area contributed by atoms with Crippen molar-refractivity contribution in [3.05, 3.63) is 90.0 Å². The Morgan fingerprint density at radius 3 is 2.25 bits per heavy atom. The van der Waals surface area contributed by atoms with Crippen LogP contribution in [0.15, 0.2) is 78.9 Å². The Kier molecular flexibility index (Phi) is 5.41. The predicted molar refractivity (Wildman–Crippen MR) is 97.0 cm³/mol. The van der Waals surface area contributed by atoms with Crippen LogP contribution in [-0.4, -0.2) is 6.29 Å². The molecule has 0 saturated heterocycles. The third-order valence-electron chi connectivity index (χ3n) is 3.91. The Morgan fingerprint density at radius 2 is 1.50 bits per heavy atom. The van der Waals surface area contributed by atoms with Crippen LogP contribution in [0.25, 0.3) is 11.1 Å². The SMILES string of the molecule is O=CCCc1cccc(-c2ccc(OCc3ccccc3)cc2)c1. The highest BCUT2D eigenvalue weighted by Crippen LogP contribution is 2.24. The van der Waals surface area contributed by atoms with Crippen LogP contribution in [0.3, 0.4) is 0 Å². The zero-order valence-electron chi connectivity index (χ0n) is 13.5. The fourth-order valence-electron chi connectivity index (χ4n) is 2.62. The zero-order valence-corrected chi connectivity index (χ0v) is 13.5. The first-order valence-corrected chi connectivity index (χ1v) is 8.15. The lowest BCUT2D eigenvalue weighted by Crippen LogP contribution is -1.94. The van der Waals surface area contributed by atoms with Crippen molar-refractivity contribution in [2.75, 3.05) is 0 Å². The van der Waals surface area contributed by atoms with E-state index in [-0.39, 0.29) is 0 Å². The molecular formula is C22H20O2. The highest BCUT2D eigenvalue weighted by atomic mass is 16.5. The summed E-state index contributed by atoms with van der Waals surface area (Å²) in [5, 5.41) is 0. The normalized spacial score (nSPS) is 10.3. The van der Waals surface area contributed by atoms with Gasteiger partial charge in [0, 0.05) is 6.42 Å². The predicted octanol–water partition coefficient (Wildman–Crippen LogP) is 5.06. The molecule has 0 heterocycles. The first-order chi connectivity index (χ1) is 11.8. The molecule has 0 aliphatic rings. The smallest absolute Gasteiger partial charge is 0.120 e. The van der Waals surface area contributed by atoms with E-state index >= 15 is 0 Å². The summed E-state index contributed by atoms with van der Waals surface area (Å²) in [4.78, 5) is 10.5. The minimum atomic E-state index is 0.565. The minimum Gasteiger partial charge on any atom is -0.489 e. The van der Waals surface area contributed by atoms with Crippen LogP contribution >= 0.6 is 0 Å². The minimum absolute atomic E-state index is 0.565. The van der Waals surface area contributed by atoms with E-state index in [4.69, 9.17) is 4.74 Å². The number of rotatable bonds is 7. The second kappa shape index (κ2) is 8.11. The van der Waals surface area contributed by atoms with Crippen molar-refractivity contribution >= 4 is 6.29 Å². The van der Waals surface area contributed by atoms with Crippen LogP contribution in [0.1, 0.15) is 17.5 Å². The second-order valence-electron chi connectivity index (χ2n) is 5.70. The zero-order chi connectivity index (χ0) is 16.6. The lowest BCUT2D eigenvalue weighted by molar-refractivity contribution is -0.107. The molecule has 0 atom stereocenters. The first-order valence-electron chi connectivity index (χ1n) is 8.15. The molecule has 0 aliphatic carbocycles. The molecule has 0 fully saturated rings. The molecular weight excluding hydrogens is 296 g/mol. The fraction of sp³-hybridized carbons (Fsp3) is 0.136. The van der Waals surface area contributed by atoms with Gasteiger partial charge in [0.05, 0.1) is 0 Å². The van der Waals surface area contributed by atoms with Crippen molar-refractivity contribution in [3.63, 3.8) is 0 Å². The summed E-state index contributed by atoms with van der Waals surface area (Å²) in [7, 11) is 0. The quantitative estimate of drug-likeness (QED) is 0.569. The summed E-state index contributed by atoms with van der Waals surface area (Å²) in [6.07, 6.45) is 2.32. The number of carbonyl (C=O) groups is 1. The summed E-state index contributed by atoms with van der Waals surface area (Å²) in [6, 6.07) is 26.6. The summed E-state index contributed by atoms with van der Waals surface area (Å²) in [6.45, 7) is 0.571. The number of benzene rings is 3. The van der Waals surface area contributed by atoms with Gasteiger partial charge < -0.3 is 9.53 Å². The molecule has 0 unspecified atom stereocenters. The number of aldehydes is 1. The van der Waals surface area contributed by atoms with E-state index in [0.29, 0.717) is 13.0 Å². The van der Waals surface area contributed by atoms with E-state index < -0.39 is 0 Å². The van der Waals surface area contributed by atoms with Crippen LogP contribution < -0.4 is 4.74 Å². The maximum absolute atomic E-state index is 10.5. The number of ether oxygens (including phenoxy) is 1. The highest BCUT2D eigenvalue weighted by Gasteiger charge is 2.01. The molecule has 3 aromatic carbocycles. The van der Waals surface area contributed by atoms with Gasteiger partial charge in [-0.25, -0.2) is 0 Å². The van der Waals surface area contributed by atoms with E-state index in [0.717, 1.165) is 35.1 Å². The van der Waals surface area contributed by atoms with Crippen molar-refractivity contribution in [1.29, 1.82) is 0 Å². The molecule has 3 aromatic rings. The molecule has 0 saturated carbocycles. The molecule has 0 amide bonds. The summed E-state index contributed by atoms with van der Waals surface area (Å²) < 4.78 is 5.82. The second-order valence-corrected chi connectivity index (χ2v) is 5.70. The average Bonchev–Trinajstić information content (AvgIpc) is 2.66. The molecule has 0 spiro atoms. The number of hydrogen-bond acceptors (Lipinski definition) is 2. The number of aryl methyl sites for hydroxylation is 1. The Morgan fingerprint density at radius 1 is 0.750 bits per heavy atom. The Hall–Kier alpha value is -2.87. The number of hydrogen-bond donors (Lipinski definition) is 0. The van der Waals surface area contributed by atoms with Gasteiger partial charge >= 0.3 is 0 Å². The van der Waals surface area contributed by atoms with Crippen LogP contribution in [0.5, 0.6) is 5.75 Å². The Balaban J connectivity index is 1.67. The lowest BCUT2D eigenvalue weighted by atomic mass is 10.0. The van der Waals surface area contributed by atoms with Gasteiger partial charge in [-0.05, 0) is 40.8 Å². The van der Waals surface area contributed by atoms with Gasteiger partial charge in [0.2, 0.25) is 0 Å². The lowest BCUT2D eigenvalue weighted by Gasteiger charge is -2.08. The van der Waals surface area contributed by atoms with E-state index in [1.807, 2.05) is 36.4 Å². The van der Waals surface area contributed by atoms with Crippen LogP contribution in [0.4, 0.5) is 0 Å². The monoisotopic (exact) mass is 316 g/mol. The summed E-state index contributed by atoms with van der Waals surface area (Å²) >= 11 is 0. The van der Waals surface area contributed by atoms with Crippen LogP contribution in [0.2, 0.25) is 0 Å². The number of carbonyl (C=O) groups excluding carboxylic acids is 1. The molecule has 2 heteroatoms. The van der Waals surface area contributed by atoms with Gasteiger partial charge in [-0.1, -0.05) is 66.7 Å². The molecule has 3 rings (SSSR count). The molecule has 2 nitrogen and oxygen atoms in total. The Bertz CT molecular complexity index is 777. The third-order valence-corrected chi connectivity index (χ3v) is 3.91. The van der Waals surface area contributed by atoms with Crippen LogP contribution in [0, 0.1) is 0 Å². The molecule has 24 heavy (non-hydrogen) atoms. The van der Waals surface area contributed by atoms with Crippen molar-refractivity contribution in [3.8, 4) is 16.9 Å². The van der Waals surface area contributed by atoms with Gasteiger partial charge in [0.25, 0.3) is 0 Å². The summed E-state index contributed by atoms with van der Waals surface area (Å²) in [5.74, 6) is 0.861. The van der Waals surface area contributed by atoms with Gasteiger partial charge in [-0.2, -0.15) is 0 Å². The largest absolute Gasteiger partial charge is 0.489 e. The van der Waals surface area contributed by atoms with Gasteiger partial charge in [0.15, 0.2) is 0 Å². The topological polar surface area (TPSA) is 26.3 Å². The Labute approximate surface area is 142 Å². The van der Waals surface area contributed by atoms with Crippen molar-refractivity contribution in [1.82, 2.24) is 0 Å². The van der Waals surface area contributed by atoms with Gasteiger partial charge in [-0.15, -0.1) is 0 Å². The average molecular weight is 316 g/mol. The molecule has 0 aliphatic heterocycles. The van der Waals surface area contributed by atoms with Crippen LogP contribution in [-0.2, 0) is 17.8 Å². The highest BCUT2D eigenvalue weighted by molar-refractivity contribution is 5.65. The van der Waals surface area contributed by atoms with E-state index in [9.17, 15) is 4.79 Å². The van der Waals surface area contributed by atoms with Crippen molar-refractivity contribution in [2.24, 2.45) is 0 Å². The summed E-state index contributed by atoms with van der Waals surface area (Å²) in [5.41, 5.74) is 4.65. The maximum atomic E-state index is 10.5. The third kappa shape index (κ3) is 4.32. The molecule has 0 radical (unpaired) electrons. The fourth-order valence-corrected chi connectivity index (χ4v) is 2.62. The molecule has 0 N–H and O–H groups in total. The van der Waals surface area contributed by atoms with E-state index in [2.05, 4.69) is 42.5 Å².